The molecule has 0 amide bonds. The number of carbonyl (C=O) groups excluding carboxylic acids is 1. The van der Waals surface area contributed by atoms with E-state index in [4.69, 9.17) is 3.07 Å². The van der Waals surface area contributed by atoms with Gasteiger partial charge in [0, 0.05) is 0 Å². The molecule has 2 nitrogen and oxygen atoms in total. The summed E-state index contributed by atoms with van der Waals surface area (Å²) in [6, 6.07) is 20.0. The van der Waals surface area contributed by atoms with Crippen LogP contribution in [0.3, 0.4) is 0 Å². The van der Waals surface area contributed by atoms with Crippen molar-refractivity contribution in [2.45, 2.75) is 79.5 Å². The summed E-state index contributed by atoms with van der Waals surface area (Å²) in [5.41, 5.74) is 0. The van der Waals surface area contributed by atoms with Crippen LogP contribution in [-0.4, -0.2) is 24.8 Å². The largest absolute Gasteiger partial charge is 2.00 e. The smallest absolute Gasteiger partial charge is 0.214 e. The molecule has 0 unspecified atom stereocenters. The fourth-order valence-corrected chi connectivity index (χ4v) is 16.3. The molecule has 0 aliphatic carbocycles. The van der Waals surface area contributed by atoms with E-state index in [0.29, 0.717) is 0 Å². The van der Waals surface area contributed by atoms with Crippen molar-refractivity contribution in [2.75, 3.05) is 0 Å². The van der Waals surface area contributed by atoms with Crippen LogP contribution < -0.4 is 0 Å². The van der Waals surface area contributed by atoms with Crippen molar-refractivity contribution in [3.05, 3.63) is 60.7 Å². The Kier molecular flexibility index (Phi) is 22.5. The fraction of sp³-hybridized carbons (Fsp3) is 0.542. The predicted molar refractivity (Wildman–Crippen MR) is 121 cm³/mol. The molecule has 2 aromatic rings. The minimum atomic E-state index is -2.59. The summed E-state index contributed by atoms with van der Waals surface area (Å²) in [5.74, 6) is -0.0240. The van der Waals surface area contributed by atoms with Crippen LogP contribution in [-0.2, 0) is 24.9 Å². The average molecular weight is 535 g/mol. The van der Waals surface area contributed by atoms with Gasteiger partial charge in [0.05, 0.1) is 0 Å². The SMILES string of the molecule is CCC[CH2][Sn]([CH2]CCC)([CH2]CCC)[O]C(C)=O.[Fe+2].c1cc[cH-]c1.c1cc[cH-]c1. The Morgan fingerprint density at radius 2 is 1.07 bits per heavy atom. The third-order valence-electron chi connectivity index (χ3n) is 4.43. The standard InChI is InChI=1S/2C5H5.3C4H9.C2H4O2.Fe.Sn/c2*1-2-4-5-3-1;3*1-3-4-2;1-2(3)4;;/h2*1-5H;3*1,3-4H2,2H3;1H3,(H,3,4);;/q2*-1;;;;;+2;+1/p-1. The summed E-state index contributed by atoms with van der Waals surface area (Å²) in [5, 5.41) is 0. The molecule has 0 heterocycles. The van der Waals surface area contributed by atoms with E-state index in [-0.39, 0.29) is 23.0 Å². The molecule has 0 atom stereocenters. The van der Waals surface area contributed by atoms with Gasteiger partial charge >= 0.3 is 129 Å². The monoisotopic (exact) mass is 536 g/mol. The molecular formula is C24H40FeO2Sn. The summed E-state index contributed by atoms with van der Waals surface area (Å²) in [4.78, 5) is 11.4. The minimum Gasteiger partial charge on any atom is -0.214 e. The summed E-state index contributed by atoms with van der Waals surface area (Å²) in [7, 11) is 0. The van der Waals surface area contributed by atoms with E-state index in [9.17, 15) is 4.79 Å². The van der Waals surface area contributed by atoms with Crippen molar-refractivity contribution in [3.8, 4) is 0 Å². The van der Waals surface area contributed by atoms with Crippen molar-refractivity contribution in [1.82, 2.24) is 0 Å². The van der Waals surface area contributed by atoms with E-state index in [1.54, 1.807) is 6.92 Å². The number of hydrogen-bond acceptors (Lipinski definition) is 2. The van der Waals surface area contributed by atoms with Gasteiger partial charge in [-0.25, -0.2) is 24.3 Å². The van der Waals surface area contributed by atoms with E-state index < -0.39 is 18.8 Å². The number of unbranched alkanes of at least 4 members (excludes halogenated alkanes) is 3. The Morgan fingerprint density at radius 1 is 0.750 bits per heavy atom. The van der Waals surface area contributed by atoms with Gasteiger partial charge in [-0.1, -0.05) is 0 Å². The van der Waals surface area contributed by atoms with Crippen LogP contribution >= 0.6 is 0 Å². The van der Waals surface area contributed by atoms with Gasteiger partial charge in [0.1, 0.15) is 0 Å². The maximum absolute atomic E-state index is 11.4. The summed E-state index contributed by atoms with van der Waals surface area (Å²) < 4.78 is 9.64. The normalized spacial score (nSPS) is 9.86. The Bertz CT molecular complexity index is 426. The van der Waals surface area contributed by atoms with E-state index in [1.807, 2.05) is 60.7 Å². The molecule has 28 heavy (non-hydrogen) atoms. The quantitative estimate of drug-likeness (QED) is 0.230. The molecule has 0 bridgehead atoms. The zero-order chi connectivity index (χ0) is 20.2. The van der Waals surface area contributed by atoms with E-state index in [0.717, 1.165) is 0 Å². The molecule has 0 aliphatic heterocycles. The van der Waals surface area contributed by atoms with E-state index in [2.05, 4.69) is 20.8 Å². The first-order chi connectivity index (χ1) is 13.1. The summed E-state index contributed by atoms with van der Waals surface area (Å²) in [6.07, 6.45) is 7.40. The second-order valence-corrected chi connectivity index (χ2v) is 18.6. The summed E-state index contributed by atoms with van der Waals surface area (Å²) in [6.45, 7) is 8.27. The Morgan fingerprint density at radius 3 is 1.25 bits per heavy atom. The maximum atomic E-state index is 11.4. The fourth-order valence-electron chi connectivity index (χ4n) is 2.97. The molecule has 0 N–H and O–H groups in total. The first-order valence-corrected chi connectivity index (χ1v) is 17.8. The molecule has 0 aliphatic rings. The van der Waals surface area contributed by atoms with E-state index in [1.165, 1.54) is 51.8 Å². The van der Waals surface area contributed by atoms with Gasteiger partial charge in [-0.05, 0) is 0 Å². The van der Waals surface area contributed by atoms with Gasteiger partial charge in [-0.3, -0.25) is 0 Å². The minimum absolute atomic E-state index is 0. The Hall–Kier alpha value is -0.512. The second kappa shape index (κ2) is 21.2. The van der Waals surface area contributed by atoms with Gasteiger partial charge in [0.25, 0.3) is 0 Å². The second-order valence-electron chi connectivity index (χ2n) is 7.01. The maximum Gasteiger partial charge on any atom is 2.00 e. The van der Waals surface area contributed by atoms with Crippen LogP contribution in [0.15, 0.2) is 60.7 Å². The van der Waals surface area contributed by atoms with Crippen molar-refractivity contribution < 1.29 is 24.9 Å². The van der Waals surface area contributed by atoms with Crippen LogP contribution in [0.2, 0.25) is 13.3 Å². The van der Waals surface area contributed by atoms with Crippen LogP contribution in [0.5, 0.6) is 0 Å². The molecule has 0 saturated heterocycles. The number of rotatable bonds is 10. The molecule has 0 aromatic heterocycles. The van der Waals surface area contributed by atoms with Crippen molar-refractivity contribution in [3.63, 3.8) is 0 Å². The molecule has 160 valence electrons. The van der Waals surface area contributed by atoms with Gasteiger partial charge in [0.2, 0.25) is 0 Å². The van der Waals surface area contributed by atoms with Crippen LogP contribution in [0.25, 0.3) is 0 Å². The van der Waals surface area contributed by atoms with Gasteiger partial charge in [-0.15, -0.1) is 0 Å². The third kappa shape index (κ3) is 17.6. The third-order valence-corrected chi connectivity index (χ3v) is 17.3. The Balaban J connectivity index is 0. The van der Waals surface area contributed by atoms with Gasteiger partial charge in [-0.2, -0.15) is 36.4 Å². The van der Waals surface area contributed by atoms with E-state index >= 15 is 0 Å². The molecule has 0 radical (unpaired) electrons. The molecule has 2 aromatic carbocycles. The van der Waals surface area contributed by atoms with Gasteiger partial charge in [0.15, 0.2) is 0 Å². The average Bonchev–Trinajstić information content (AvgIpc) is 3.40. The molecule has 0 spiro atoms. The first kappa shape index (κ1) is 29.7. The van der Waals surface area contributed by atoms with Crippen molar-refractivity contribution in [1.29, 1.82) is 0 Å². The number of carbonyl (C=O) groups is 1. The summed E-state index contributed by atoms with van der Waals surface area (Å²) >= 11 is -2.59. The van der Waals surface area contributed by atoms with Crippen LogP contribution in [0.4, 0.5) is 0 Å². The molecular weight excluding hydrogens is 495 g/mol. The first-order valence-electron chi connectivity index (χ1n) is 10.6. The molecule has 0 saturated carbocycles. The zero-order valence-corrected chi connectivity index (χ0v) is 22.3. The van der Waals surface area contributed by atoms with Crippen LogP contribution in [0.1, 0.15) is 66.2 Å². The van der Waals surface area contributed by atoms with Crippen molar-refractivity contribution in [2.24, 2.45) is 0 Å². The molecule has 4 heteroatoms. The van der Waals surface area contributed by atoms with Crippen molar-refractivity contribution >= 4 is 24.8 Å². The predicted octanol–water partition coefficient (Wildman–Crippen LogP) is 7.70. The number of hydrogen-bond donors (Lipinski definition) is 0. The zero-order valence-electron chi connectivity index (χ0n) is 18.3. The molecule has 0 fully saturated rings. The van der Waals surface area contributed by atoms with Gasteiger partial charge < -0.3 is 0 Å². The topological polar surface area (TPSA) is 26.3 Å². The Labute approximate surface area is 189 Å². The van der Waals surface area contributed by atoms with Crippen LogP contribution in [0, 0.1) is 0 Å². The molecule has 2 rings (SSSR count).